The Hall–Kier alpha value is -3.67. The van der Waals surface area contributed by atoms with Gasteiger partial charge in [-0.1, -0.05) is 11.3 Å². The smallest absolute Gasteiger partial charge is 0.319 e. The average Bonchev–Trinajstić information content (AvgIpc) is 2.76. The van der Waals surface area contributed by atoms with E-state index in [1.807, 2.05) is 0 Å². The van der Waals surface area contributed by atoms with Gasteiger partial charge in [-0.3, -0.25) is 19.7 Å². The average molecular weight is 503 g/mol. The Balaban J connectivity index is 1.46. The number of benzene rings is 2. The minimum Gasteiger partial charge on any atom is -0.334 e. The Morgan fingerprint density at radius 3 is 2.78 bits per heavy atom. The van der Waals surface area contributed by atoms with Gasteiger partial charge in [-0.25, -0.2) is 9.18 Å². The Kier molecular flexibility index (Phi) is 5.95. The molecule has 10 nitrogen and oxygen atoms in total. The lowest BCUT2D eigenvalue weighted by atomic mass is 10.1. The number of hydrogen-bond acceptors (Lipinski definition) is 6. The van der Waals surface area contributed by atoms with Gasteiger partial charge in [0, 0.05) is 18.7 Å². The molecule has 0 radical (unpaired) electrons. The zero-order valence-electron chi connectivity index (χ0n) is 16.4. The number of rotatable bonds is 4. The Bertz CT molecular complexity index is 1310. The van der Waals surface area contributed by atoms with Gasteiger partial charge < -0.3 is 10.6 Å². The predicted octanol–water partition coefficient (Wildman–Crippen LogP) is 1.99. The number of piperidine rings is 1. The number of urea groups is 1. The molecular weight excluding hydrogens is 487 g/mol. The lowest BCUT2D eigenvalue weighted by Crippen LogP contribution is -2.45. The number of nitrogens with zero attached hydrogens (tertiary/aromatic N) is 3. The van der Waals surface area contributed by atoms with Crippen LogP contribution in [-0.4, -0.2) is 32.8 Å². The summed E-state index contributed by atoms with van der Waals surface area (Å²) in [4.78, 5) is 48.2. The van der Waals surface area contributed by atoms with Crippen LogP contribution < -0.4 is 21.5 Å². The van der Waals surface area contributed by atoms with Crippen LogP contribution in [0.1, 0.15) is 24.4 Å². The maximum absolute atomic E-state index is 13.3. The number of fused-ring (bicyclic) bond motifs is 1. The number of aromatic nitrogens is 3. The van der Waals surface area contributed by atoms with Crippen molar-refractivity contribution in [1.29, 1.82) is 0 Å². The molecule has 1 aliphatic heterocycles. The highest BCUT2D eigenvalue weighted by atomic mass is 79.9. The van der Waals surface area contributed by atoms with Gasteiger partial charge in [0.15, 0.2) is 0 Å². The quantitative estimate of drug-likeness (QED) is 0.467. The molecule has 1 atom stereocenters. The van der Waals surface area contributed by atoms with Crippen LogP contribution in [0, 0.1) is 5.82 Å². The molecule has 1 aliphatic rings. The van der Waals surface area contributed by atoms with E-state index in [9.17, 15) is 23.6 Å². The van der Waals surface area contributed by atoms with Gasteiger partial charge >= 0.3 is 6.03 Å². The van der Waals surface area contributed by atoms with Crippen molar-refractivity contribution >= 4 is 50.4 Å². The number of imide groups is 1. The number of hydrogen-bond donors (Lipinski definition) is 3. The zero-order valence-corrected chi connectivity index (χ0v) is 18.0. The van der Waals surface area contributed by atoms with Crippen LogP contribution >= 0.6 is 15.9 Å². The van der Waals surface area contributed by atoms with Crippen LogP contribution in [0.2, 0.25) is 0 Å². The van der Waals surface area contributed by atoms with E-state index in [0.717, 1.165) is 4.68 Å². The fraction of sp³-hybridized carbons (Fsp3) is 0.200. The Labute approximate surface area is 188 Å². The van der Waals surface area contributed by atoms with E-state index in [0.29, 0.717) is 16.8 Å². The molecular formula is C20H16BrFN6O4. The molecule has 1 saturated heterocycles. The molecule has 32 heavy (non-hydrogen) atoms. The van der Waals surface area contributed by atoms with Gasteiger partial charge in [0.1, 0.15) is 17.4 Å². The maximum atomic E-state index is 13.3. The minimum atomic E-state index is -0.895. The number of anilines is 1. The first-order valence-electron chi connectivity index (χ1n) is 9.53. The second kappa shape index (κ2) is 8.83. The molecule has 2 heterocycles. The first-order valence-corrected chi connectivity index (χ1v) is 10.3. The van der Waals surface area contributed by atoms with Crippen LogP contribution in [0.3, 0.4) is 0 Å². The maximum Gasteiger partial charge on any atom is 0.319 e. The summed E-state index contributed by atoms with van der Waals surface area (Å²) in [6.45, 7) is 0.141. The number of amides is 4. The molecule has 1 fully saturated rings. The van der Waals surface area contributed by atoms with Crippen molar-refractivity contribution in [3.05, 3.63) is 62.6 Å². The molecule has 4 amide bonds. The molecule has 12 heteroatoms. The van der Waals surface area contributed by atoms with Crippen LogP contribution in [0.5, 0.6) is 0 Å². The van der Waals surface area contributed by atoms with Crippen molar-refractivity contribution in [2.45, 2.75) is 25.4 Å². The van der Waals surface area contributed by atoms with Crippen molar-refractivity contribution in [2.24, 2.45) is 0 Å². The summed E-state index contributed by atoms with van der Waals surface area (Å²) in [6.07, 6.45) is 0.288. The highest BCUT2D eigenvalue weighted by Gasteiger charge is 2.30. The van der Waals surface area contributed by atoms with Crippen LogP contribution in [0.15, 0.2) is 45.7 Å². The SMILES string of the molecule is O=C1CCC(n2nnc3cc(CNC(=O)Nc4ccc(F)c(Br)c4)ccc3c2=O)C(=O)N1. The van der Waals surface area contributed by atoms with E-state index in [1.54, 1.807) is 18.2 Å². The van der Waals surface area contributed by atoms with E-state index >= 15 is 0 Å². The van der Waals surface area contributed by atoms with E-state index < -0.39 is 29.4 Å². The number of nitrogens with one attached hydrogen (secondary N) is 3. The molecule has 1 aromatic heterocycles. The Morgan fingerprint density at radius 1 is 1.22 bits per heavy atom. The van der Waals surface area contributed by atoms with E-state index in [2.05, 4.69) is 42.2 Å². The van der Waals surface area contributed by atoms with Crippen molar-refractivity contribution in [3.63, 3.8) is 0 Å². The zero-order chi connectivity index (χ0) is 22.8. The number of carbonyl (C=O) groups is 3. The van der Waals surface area contributed by atoms with E-state index in [1.165, 1.54) is 18.2 Å². The molecule has 0 saturated carbocycles. The van der Waals surface area contributed by atoms with Gasteiger partial charge in [0.25, 0.3) is 11.5 Å². The molecule has 3 N–H and O–H groups in total. The topological polar surface area (TPSA) is 135 Å². The van der Waals surface area contributed by atoms with Crippen molar-refractivity contribution in [3.8, 4) is 0 Å². The fourth-order valence-electron chi connectivity index (χ4n) is 3.26. The van der Waals surface area contributed by atoms with Crippen LogP contribution in [-0.2, 0) is 16.1 Å². The summed E-state index contributed by atoms with van der Waals surface area (Å²) >= 11 is 3.05. The largest absolute Gasteiger partial charge is 0.334 e. The second-order valence-corrected chi connectivity index (χ2v) is 7.95. The highest BCUT2D eigenvalue weighted by molar-refractivity contribution is 9.10. The van der Waals surface area contributed by atoms with Crippen LogP contribution in [0.4, 0.5) is 14.9 Å². The predicted molar refractivity (Wildman–Crippen MR) is 115 cm³/mol. The molecule has 2 aromatic carbocycles. The summed E-state index contributed by atoms with van der Waals surface area (Å²) in [6, 6.07) is 7.50. The number of halogens is 2. The molecule has 0 aliphatic carbocycles. The third-order valence-electron chi connectivity index (χ3n) is 4.89. The van der Waals surface area contributed by atoms with Gasteiger partial charge in [-0.05, 0) is 58.2 Å². The van der Waals surface area contributed by atoms with Gasteiger partial charge in [-0.2, -0.15) is 4.68 Å². The summed E-state index contributed by atoms with van der Waals surface area (Å²) in [5.74, 6) is -1.41. The molecule has 1 unspecified atom stereocenters. The molecule has 3 aromatic rings. The van der Waals surface area contributed by atoms with E-state index in [-0.39, 0.29) is 35.2 Å². The second-order valence-electron chi connectivity index (χ2n) is 7.09. The van der Waals surface area contributed by atoms with Crippen molar-refractivity contribution in [1.82, 2.24) is 25.6 Å². The van der Waals surface area contributed by atoms with Crippen LogP contribution in [0.25, 0.3) is 10.9 Å². The lowest BCUT2D eigenvalue weighted by Gasteiger charge is -2.21. The molecule has 164 valence electrons. The minimum absolute atomic E-state index is 0.115. The summed E-state index contributed by atoms with van der Waals surface area (Å²) in [7, 11) is 0. The summed E-state index contributed by atoms with van der Waals surface area (Å²) < 4.78 is 14.5. The van der Waals surface area contributed by atoms with Gasteiger partial charge in [-0.15, -0.1) is 5.10 Å². The third kappa shape index (κ3) is 4.49. The normalized spacial score (nSPS) is 16.0. The van der Waals surface area contributed by atoms with E-state index in [4.69, 9.17) is 0 Å². The van der Waals surface area contributed by atoms with Gasteiger partial charge in [0.05, 0.1) is 9.86 Å². The molecule has 0 spiro atoms. The highest BCUT2D eigenvalue weighted by Crippen LogP contribution is 2.20. The summed E-state index contributed by atoms with van der Waals surface area (Å²) in [5, 5.41) is 15.6. The molecule has 4 rings (SSSR count). The fourth-order valence-corrected chi connectivity index (χ4v) is 3.64. The Morgan fingerprint density at radius 2 is 2.03 bits per heavy atom. The van der Waals surface area contributed by atoms with Gasteiger partial charge in [0.2, 0.25) is 5.91 Å². The standard InChI is InChI=1S/C20H16BrFN6O4/c21-13-8-11(2-4-14(13)22)24-20(32)23-9-10-1-3-12-15(7-10)26-27-28(19(12)31)16-5-6-17(29)25-18(16)30/h1-4,7-8,16H,5-6,9H2,(H2,23,24,32)(H,25,29,30). The lowest BCUT2D eigenvalue weighted by molar-refractivity contribution is -0.136. The summed E-state index contributed by atoms with van der Waals surface area (Å²) in [5.41, 5.74) is 0.888. The third-order valence-corrected chi connectivity index (χ3v) is 5.49. The first kappa shape index (κ1) is 21.6. The first-order chi connectivity index (χ1) is 15.3. The van der Waals surface area contributed by atoms with Crippen molar-refractivity contribution < 1.29 is 18.8 Å². The monoisotopic (exact) mass is 502 g/mol. The number of carbonyl (C=O) groups excluding carboxylic acids is 3. The molecule has 0 bridgehead atoms. The van der Waals surface area contributed by atoms with Crippen molar-refractivity contribution in [2.75, 3.05) is 5.32 Å².